The number of anilines is 1. The van der Waals surface area contributed by atoms with Gasteiger partial charge in [0.1, 0.15) is 11.5 Å². The van der Waals surface area contributed by atoms with Gasteiger partial charge in [0.05, 0.1) is 8.49 Å². The van der Waals surface area contributed by atoms with Crippen molar-refractivity contribution in [1.82, 2.24) is 0 Å². The average molecular weight is 386 g/mol. The van der Waals surface area contributed by atoms with Crippen LogP contribution in [0, 0.1) is 26.4 Å². The van der Waals surface area contributed by atoms with E-state index < -0.39 is 10.7 Å². The molecule has 2 rings (SSSR count). The van der Waals surface area contributed by atoms with Crippen molar-refractivity contribution in [2.45, 2.75) is 13.5 Å². The monoisotopic (exact) mass is 386 g/mol. The molecule has 6 heteroatoms. The van der Waals surface area contributed by atoms with Crippen LogP contribution in [0.1, 0.15) is 11.1 Å². The first-order valence-electron chi connectivity index (χ1n) is 5.90. The van der Waals surface area contributed by atoms with E-state index in [1.807, 2.05) is 31.2 Å². The van der Waals surface area contributed by atoms with Crippen molar-refractivity contribution in [2.75, 3.05) is 5.32 Å². The van der Waals surface area contributed by atoms with Gasteiger partial charge in [0, 0.05) is 18.7 Å². The van der Waals surface area contributed by atoms with E-state index in [1.165, 1.54) is 6.07 Å². The molecule has 0 amide bonds. The number of aryl methyl sites for hydroxylation is 1. The van der Waals surface area contributed by atoms with Gasteiger partial charge in [-0.3, -0.25) is 10.1 Å². The van der Waals surface area contributed by atoms with E-state index in [4.69, 9.17) is 0 Å². The van der Waals surface area contributed by atoms with Crippen molar-refractivity contribution >= 4 is 34.0 Å². The molecule has 0 saturated carbocycles. The summed E-state index contributed by atoms with van der Waals surface area (Å²) in [7, 11) is 0. The van der Waals surface area contributed by atoms with Crippen LogP contribution >= 0.6 is 22.6 Å². The molecular weight excluding hydrogens is 374 g/mol. The Morgan fingerprint density at radius 3 is 2.75 bits per heavy atom. The van der Waals surface area contributed by atoms with Crippen LogP contribution in [0.15, 0.2) is 36.4 Å². The third-order valence-electron chi connectivity index (χ3n) is 2.80. The van der Waals surface area contributed by atoms with Crippen LogP contribution in [0.2, 0.25) is 0 Å². The molecule has 2 aromatic rings. The number of hydrogen-bond donors (Lipinski definition) is 1. The molecule has 0 fully saturated rings. The molecule has 0 aliphatic heterocycles. The summed E-state index contributed by atoms with van der Waals surface area (Å²) in [6.45, 7) is 2.37. The zero-order chi connectivity index (χ0) is 14.7. The Labute approximate surface area is 129 Å². The quantitative estimate of drug-likeness (QED) is 0.486. The fraction of sp³-hybridized carbons (Fsp3) is 0.143. The summed E-state index contributed by atoms with van der Waals surface area (Å²) in [4.78, 5) is 10.5. The Kier molecular flexibility index (Phi) is 4.53. The SMILES string of the molecule is Cc1cccc(CNc2cc(F)c(I)cc2[N+](=O)[O-])c1. The maximum absolute atomic E-state index is 13.5. The molecule has 0 aliphatic carbocycles. The number of benzene rings is 2. The maximum Gasteiger partial charge on any atom is 0.293 e. The van der Waals surface area contributed by atoms with Gasteiger partial charge in [-0.05, 0) is 35.1 Å². The smallest absolute Gasteiger partial charge is 0.293 e. The van der Waals surface area contributed by atoms with Gasteiger partial charge in [-0.2, -0.15) is 0 Å². The van der Waals surface area contributed by atoms with Crippen LogP contribution < -0.4 is 5.32 Å². The number of nitrogens with one attached hydrogen (secondary N) is 1. The van der Waals surface area contributed by atoms with E-state index >= 15 is 0 Å². The van der Waals surface area contributed by atoms with Crippen molar-refractivity contribution in [3.8, 4) is 0 Å². The lowest BCUT2D eigenvalue weighted by Gasteiger charge is -2.09. The Bertz CT molecular complexity index is 662. The largest absolute Gasteiger partial charge is 0.375 e. The fourth-order valence-corrected chi connectivity index (χ4v) is 2.30. The van der Waals surface area contributed by atoms with E-state index in [0.717, 1.165) is 17.2 Å². The Morgan fingerprint density at radius 2 is 2.10 bits per heavy atom. The van der Waals surface area contributed by atoms with Crippen LogP contribution in [-0.2, 0) is 6.54 Å². The summed E-state index contributed by atoms with van der Waals surface area (Å²) in [5.41, 5.74) is 2.16. The molecule has 4 nitrogen and oxygen atoms in total. The molecule has 2 aromatic carbocycles. The highest BCUT2D eigenvalue weighted by molar-refractivity contribution is 14.1. The fourth-order valence-electron chi connectivity index (χ4n) is 1.85. The lowest BCUT2D eigenvalue weighted by atomic mass is 10.1. The average Bonchev–Trinajstić information content (AvgIpc) is 2.39. The van der Waals surface area contributed by atoms with Crippen LogP contribution in [0.4, 0.5) is 15.8 Å². The van der Waals surface area contributed by atoms with Gasteiger partial charge in [-0.1, -0.05) is 29.8 Å². The van der Waals surface area contributed by atoms with Crippen molar-refractivity contribution < 1.29 is 9.31 Å². The molecule has 20 heavy (non-hydrogen) atoms. The minimum absolute atomic E-state index is 0.122. The van der Waals surface area contributed by atoms with Crippen molar-refractivity contribution in [3.05, 3.63) is 67.0 Å². The zero-order valence-corrected chi connectivity index (χ0v) is 12.8. The predicted octanol–water partition coefficient (Wildman–Crippen LogP) is 4.26. The summed E-state index contributed by atoms with van der Waals surface area (Å²) in [5, 5.41) is 13.9. The van der Waals surface area contributed by atoms with E-state index in [2.05, 4.69) is 5.32 Å². The highest BCUT2D eigenvalue weighted by Gasteiger charge is 2.17. The Balaban J connectivity index is 2.24. The molecule has 0 bridgehead atoms. The lowest BCUT2D eigenvalue weighted by molar-refractivity contribution is -0.384. The number of nitrogens with zero attached hydrogens (tertiary/aromatic N) is 1. The van der Waals surface area contributed by atoms with Gasteiger partial charge < -0.3 is 5.32 Å². The summed E-state index contributed by atoms with van der Waals surface area (Å²) in [6, 6.07) is 10.2. The number of hydrogen-bond acceptors (Lipinski definition) is 3. The van der Waals surface area contributed by atoms with E-state index in [0.29, 0.717) is 6.54 Å². The molecule has 1 N–H and O–H groups in total. The minimum atomic E-state index is -0.514. The maximum atomic E-state index is 13.5. The number of nitro benzene ring substituents is 1. The third-order valence-corrected chi connectivity index (χ3v) is 3.63. The summed E-state index contributed by atoms with van der Waals surface area (Å²) < 4.78 is 13.8. The first-order valence-corrected chi connectivity index (χ1v) is 6.98. The molecule has 0 unspecified atom stereocenters. The van der Waals surface area contributed by atoms with Gasteiger partial charge in [0.25, 0.3) is 5.69 Å². The molecule has 0 heterocycles. The number of rotatable bonds is 4. The third kappa shape index (κ3) is 3.44. The molecule has 0 aromatic heterocycles. The lowest BCUT2D eigenvalue weighted by Crippen LogP contribution is -2.04. The van der Waals surface area contributed by atoms with Gasteiger partial charge >= 0.3 is 0 Å². The first kappa shape index (κ1) is 14.7. The molecular formula is C14H12FIN2O2. The molecule has 0 spiro atoms. The molecule has 0 saturated heterocycles. The second kappa shape index (κ2) is 6.17. The van der Waals surface area contributed by atoms with E-state index in [9.17, 15) is 14.5 Å². The standard InChI is InChI=1S/C14H12FIN2O2/c1-9-3-2-4-10(5-9)8-17-13-6-11(15)12(16)7-14(13)18(19)20/h2-7,17H,8H2,1H3. The van der Waals surface area contributed by atoms with Gasteiger partial charge in [0.15, 0.2) is 0 Å². The molecule has 0 atom stereocenters. The minimum Gasteiger partial charge on any atom is -0.375 e. The highest BCUT2D eigenvalue weighted by atomic mass is 127. The summed E-state index contributed by atoms with van der Waals surface area (Å²) in [6.07, 6.45) is 0. The van der Waals surface area contributed by atoms with Crippen LogP contribution in [0.3, 0.4) is 0 Å². The molecule has 104 valence electrons. The van der Waals surface area contributed by atoms with Crippen molar-refractivity contribution in [2.24, 2.45) is 0 Å². The van der Waals surface area contributed by atoms with E-state index in [-0.39, 0.29) is 14.9 Å². The Hall–Kier alpha value is -1.70. The second-order valence-electron chi connectivity index (χ2n) is 4.38. The van der Waals surface area contributed by atoms with Crippen LogP contribution in [-0.4, -0.2) is 4.92 Å². The molecule has 0 aliphatic rings. The highest BCUT2D eigenvalue weighted by Crippen LogP contribution is 2.29. The molecule has 0 radical (unpaired) electrons. The summed E-state index contributed by atoms with van der Waals surface area (Å²) in [5.74, 6) is -0.469. The zero-order valence-electron chi connectivity index (χ0n) is 10.7. The topological polar surface area (TPSA) is 55.2 Å². The summed E-state index contributed by atoms with van der Waals surface area (Å²) >= 11 is 1.74. The second-order valence-corrected chi connectivity index (χ2v) is 5.55. The van der Waals surface area contributed by atoms with Crippen molar-refractivity contribution in [1.29, 1.82) is 0 Å². The van der Waals surface area contributed by atoms with Gasteiger partial charge in [-0.15, -0.1) is 0 Å². The van der Waals surface area contributed by atoms with Crippen LogP contribution in [0.5, 0.6) is 0 Å². The normalized spacial score (nSPS) is 10.3. The Morgan fingerprint density at radius 1 is 1.35 bits per heavy atom. The van der Waals surface area contributed by atoms with E-state index in [1.54, 1.807) is 22.6 Å². The van der Waals surface area contributed by atoms with Crippen LogP contribution in [0.25, 0.3) is 0 Å². The van der Waals surface area contributed by atoms with Gasteiger partial charge in [-0.25, -0.2) is 4.39 Å². The number of nitro groups is 1. The predicted molar refractivity (Wildman–Crippen MR) is 84.3 cm³/mol. The number of halogens is 2. The first-order chi connectivity index (χ1) is 9.47. The van der Waals surface area contributed by atoms with Crippen molar-refractivity contribution in [3.63, 3.8) is 0 Å². The van der Waals surface area contributed by atoms with Gasteiger partial charge in [0.2, 0.25) is 0 Å².